The Labute approximate surface area is 118 Å². The van der Waals surface area contributed by atoms with Crippen molar-refractivity contribution in [2.75, 3.05) is 18.9 Å². The lowest BCUT2D eigenvalue weighted by Gasteiger charge is -2.13. The zero-order valence-corrected chi connectivity index (χ0v) is 11.8. The third-order valence-corrected chi connectivity index (χ3v) is 3.52. The number of halogens is 2. The molecule has 0 aliphatic carbocycles. The number of nitrogens with one attached hydrogen (secondary N) is 2. The Bertz CT molecular complexity index is 524. The van der Waals surface area contributed by atoms with Gasteiger partial charge >= 0.3 is 6.03 Å². The van der Waals surface area contributed by atoms with Gasteiger partial charge in [-0.1, -0.05) is 0 Å². The van der Waals surface area contributed by atoms with Crippen LogP contribution in [0.4, 0.5) is 14.9 Å². The molecule has 1 aliphatic rings. The smallest absolute Gasteiger partial charge is 0.319 e. The van der Waals surface area contributed by atoms with E-state index in [0.29, 0.717) is 18.7 Å². The Hall–Kier alpha value is -1.63. The number of anilines is 1. The molecule has 102 valence electrons. The van der Waals surface area contributed by atoms with Gasteiger partial charge in [0.25, 0.3) is 0 Å². The van der Waals surface area contributed by atoms with E-state index in [4.69, 9.17) is 0 Å². The molecule has 1 aromatic rings. The number of benzene rings is 1. The summed E-state index contributed by atoms with van der Waals surface area (Å²) < 4.78 is 13.3. The first-order valence-corrected chi connectivity index (χ1v) is 6.54. The lowest BCUT2D eigenvalue weighted by molar-refractivity contribution is -0.128. The quantitative estimate of drug-likeness (QED) is 0.871. The Morgan fingerprint density at radius 3 is 2.84 bits per heavy atom. The van der Waals surface area contributed by atoms with Crippen molar-refractivity contribution in [3.8, 4) is 0 Å². The molecule has 0 bridgehead atoms. The van der Waals surface area contributed by atoms with E-state index in [1.54, 1.807) is 11.9 Å². The molecule has 2 N–H and O–H groups in total. The standard InChI is InChI=1S/C12H13BrFN3O2/c1-17-5-4-10(11(17)18)16-12(19)15-7-2-3-9(14)8(13)6-7/h2-3,6,10H,4-5H2,1H3,(H2,15,16,19). The number of amides is 3. The molecular formula is C12H13BrFN3O2. The largest absolute Gasteiger partial charge is 0.344 e. The molecule has 1 heterocycles. The van der Waals surface area contributed by atoms with Gasteiger partial charge in [0.2, 0.25) is 5.91 Å². The zero-order valence-electron chi connectivity index (χ0n) is 10.2. The van der Waals surface area contributed by atoms with Crippen molar-refractivity contribution in [2.24, 2.45) is 0 Å². The maximum atomic E-state index is 13.0. The van der Waals surface area contributed by atoms with Crippen LogP contribution in [-0.2, 0) is 4.79 Å². The monoisotopic (exact) mass is 329 g/mol. The molecule has 1 saturated heterocycles. The summed E-state index contributed by atoms with van der Waals surface area (Å²) in [7, 11) is 1.69. The molecule has 0 radical (unpaired) electrons. The van der Waals surface area contributed by atoms with Crippen LogP contribution in [0.25, 0.3) is 0 Å². The minimum absolute atomic E-state index is 0.101. The van der Waals surface area contributed by atoms with Gasteiger partial charge < -0.3 is 15.5 Å². The van der Waals surface area contributed by atoms with Crippen molar-refractivity contribution in [2.45, 2.75) is 12.5 Å². The van der Waals surface area contributed by atoms with Crippen LogP contribution in [0.3, 0.4) is 0 Å². The van der Waals surface area contributed by atoms with Crippen molar-refractivity contribution in [1.29, 1.82) is 0 Å². The molecule has 19 heavy (non-hydrogen) atoms. The molecule has 1 aromatic carbocycles. The fourth-order valence-electron chi connectivity index (χ4n) is 1.86. The van der Waals surface area contributed by atoms with E-state index in [-0.39, 0.29) is 10.4 Å². The highest BCUT2D eigenvalue weighted by Gasteiger charge is 2.30. The Morgan fingerprint density at radius 2 is 2.26 bits per heavy atom. The Morgan fingerprint density at radius 1 is 1.53 bits per heavy atom. The van der Waals surface area contributed by atoms with Gasteiger partial charge in [-0.2, -0.15) is 0 Å². The van der Waals surface area contributed by atoms with Crippen LogP contribution >= 0.6 is 15.9 Å². The maximum Gasteiger partial charge on any atom is 0.319 e. The number of nitrogens with zero attached hydrogens (tertiary/aromatic N) is 1. The molecule has 0 aromatic heterocycles. The average molecular weight is 330 g/mol. The molecular weight excluding hydrogens is 317 g/mol. The topological polar surface area (TPSA) is 61.4 Å². The van der Waals surface area contributed by atoms with Crippen LogP contribution in [0.15, 0.2) is 22.7 Å². The third kappa shape index (κ3) is 3.23. The number of urea groups is 1. The summed E-state index contributed by atoms with van der Waals surface area (Å²) in [6.45, 7) is 0.631. The van der Waals surface area contributed by atoms with E-state index in [9.17, 15) is 14.0 Å². The van der Waals surface area contributed by atoms with E-state index >= 15 is 0 Å². The van der Waals surface area contributed by atoms with Gasteiger partial charge in [-0.15, -0.1) is 0 Å². The van der Waals surface area contributed by atoms with Crippen molar-refractivity contribution >= 4 is 33.6 Å². The van der Waals surface area contributed by atoms with Crippen molar-refractivity contribution in [3.63, 3.8) is 0 Å². The van der Waals surface area contributed by atoms with Gasteiger partial charge in [0.1, 0.15) is 11.9 Å². The molecule has 1 fully saturated rings. The highest BCUT2D eigenvalue weighted by atomic mass is 79.9. The van der Waals surface area contributed by atoms with Gasteiger partial charge in [0.05, 0.1) is 4.47 Å². The summed E-state index contributed by atoms with van der Waals surface area (Å²) in [5.41, 5.74) is 0.449. The van der Waals surface area contributed by atoms with Gasteiger partial charge in [-0.25, -0.2) is 9.18 Å². The van der Waals surface area contributed by atoms with E-state index in [1.807, 2.05) is 0 Å². The molecule has 1 atom stereocenters. The van der Waals surface area contributed by atoms with Crippen LogP contribution in [0.5, 0.6) is 0 Å². The fourth-order valence-corrected chi connectivity index (χ4v) is 2.23. The number of carbonyl (C=O) groups excluding carboxylic acids is 2. The van der Waals surface area contributed by atoms with E-state index < -0.39 is 17.9 Å². The molecule has 3 amide bonds. The van der Waals surface area contributed by atoms with Crippen LogP contribution in [0, 0.1) is 5.82 Å². The summed E-state index contributed by atoms with van der Waals surface area (Å²) in [5.74, 6) is -0.506. The summed E-state index contributed by atoms with van der Waals surface area (Å²) in [4.78, 5) is 24.9. The highest BCUT2D eigenvalue weighted by molar-refractivity contribution is 9.10. The third-order valence-electron chi connectivity index (χ3n) is 2.91. The Kier molecular flexibility index (Phi) is 4.04. The summed E-state index contributed by atoms with van der Waals surface area (Å²) in [6.07, 6.45) is 0.593. The summed E-state index contributed by atoms with van der Waals surface area (Å²) >= 11 is 3.03. The summed E-state index contributed by atoms with van der Waals surface area (Å²) in [5, 5.41) is 5.15. The number of hydrogen-bond donors (Lipinski definition) is 2. The minimum atomic E-state index is -0.492. The van der Waals surface area contributed by atoms with Crippen LogP contribution in [0.1, 0.15) is 6.42 Å². The first kappa shape index (κ1) is 13.8. The lowest BCUT2D eigenvalue weighted by Crippen LogP contribution is -2.42. The Balaban J connectivity index is 1.94. The van der Waals surface area contributed by atoms with Gasteiger partial charge in [0.15, 0.2) is 0 Å². The number of rotatable bonds is 2. The van der Waals surface area contributed by atoms with Crippen LogP contribution in [0.2, 0.25) is 0 Å². The van der Waals surface area contributed by atoms with Crippen LogP contribution < -0.4 is 10.6 Å². The van der Waals surface area contributed by atoms with Gasteiger partial charge in [0, 0.05) is 19.3 Å². The molecule has 7 heteroatoms. The van der Waals surface area contributed by atoms with Gasteiger partial charge in [-0.05, 0) is 40.5 Å². The number of likely N-dealkylation sites (tertiary alicyclic amines) is 1. The van der Waals surface area contributed by atoms with Crippen LogP contribution in [-0.4, -0.2) is 36.5 Å². The summed E-state index contributed by atoms with van der Waals surface area (Å²) in [6, 6.07) is 3.18. The molecule has 0 spiro atoms. The molecule has 5 nitrogen and oxygen atoms in total. The fraction of sp³-hybridized carbons (Fsp3) is 0.333. The predicted octanol–water partition coefficient (Wildman–Crippen LogP) is 1.94. The van der Waals surface area contributed by atoms with Gasteiger partial charge in [-0.3, -0.25) is 4.79 Å². The van der Waals surface area contributed by atoms with E-state index in [1.165, 1.54) is 18.2 Å². The van der Waals surface area contributed by atoms with E-state index in [0.717, 1.165) is 0 Å². The molecule has 1 unspecified atom stereocenters. The second-order valence-corrected chi connectivity index (χ2v) is 5.18. The predicted molar refractivity (Wildman–Crippen MR) is 72.3 cm³/mol. The minimum Gasteiger partial charge on any atom is -0.344 e. The maximum absolute atomic E-state index is 13.0. The second kappa shape index (κ2) is 5.56. The first-order chi connectivity index (χ1) is 8.97. The number of carbonyl (C=O) groups is 2. The van der Waals surface area contributed by atoms with E-state index in [2.05, 4.69) is 26.6 Å². The average Bonchev–Trinajstić information content (AvgIpc) is 2.66. The van der Waals surface area contributed by atoms with Crippen molar-refractivity contribution in [1.82, 2.24) is 10.2 Å². The van der Waals surface area contributed by atoms with Crippen molar-refractivity contribution in [3.05, 3.63) is 28.5 Å². The van der Waals surface area contributed by atoms with Crippen molar-refractivity contribution < 1.29 is 14.0 Å². The molecule has 1 aliphatic heterocycles. The first-order valence-electron chi connectivity index (χ1n) is 5.75. The second-order valence-electron chi connectivity index (χ2n) is 4.33. The normalized spacial score (nSPS) is 18.6. The molecule has 2 rings (SSSR count). The lowest BCUT2D eigenvalue weighted by atomic mass is 10.2. The number of hydrogen-bond acceptors (Lipinski definition) is 2. The zero-order chi connectivity index (χ0) is 14.0. The number of likely N-dealkylation sites (N-methyl/N-ethyl adjacent to an activating group) is 1. The molecule has 0 saturated carbocycles. The highest BCUT2D eigenvalue weighted by Crippen LogP contribution is 2.20. The SMILES string of the molecule is CN1CCC(NC(=O)Nc2ccc(F)c(Br)c2)C1=O.